The molecule has 0 aliphatic rings. The summed E-state index contributed by atoms with van der Waals surface area (Å²) in [6.45, 7) is 3.74. The van der Waals surface area contributed by atoms with Gasteiger partial charge in [-0.1, -0.05) is 0 Å². The van der Waals surface area contributed by atoms with Gasteiger partial charge < -0.3 is 20.2 Å². The molecule has 19 heavy (non-hydrogen) atoms. The minimum absolute atomic E-state index is 0.0896. The highest BCUT2D eigenvalue weighted by molar-refractivity contribution is 5.91. The van der Waals surface area contributed by atoms with Crippen LogP contribution in [0.3, 0.4) is 0 Å². The molecule has 0 saturated carbocycles. The Balaban J connectivity index is 2.18. The quantitative estimate of drug-likeness (QED) is 0.678. The number of furan rings is 1. The van der Waals surface area contributed by atoms with Crippen LogP contribution in [0.15, 0.2) is 22.8 Å². The molecule has 1 aromatic heterocycles. The van der Waals surface area contributed by atoms with Gasteiger partial charge in [-0.2, -0.15) is 0 Å². The smallest absolute Gasteiger partial charge is 0.286 e. The van der Waals surface area contributed by atoms with Crippen LogP contribution < -0.4 is 10.6 Å². The maximum Gasteiger partial charge on any atom is 0.286 e. The van der Waals surface area contributed by atoms with E-state index in [0.29, 0.717) is 6.42 Å². The number of hydrogen-bond acceptors (Lipinski definition) is 4. The summed E-state index contributed by atoms with van der Waals surface area (Å²) in [5.41, 5.74) is 0. The molecule has 0 aliphatic carbocycles. The largest absolute Gasteiger partial charge is 0.459 e. The third-order valence-corrected chi connectivity index (χ3v) is 2.48. The summed E-state index contributed by atoms with van der Waals surface area (Å²) in [7, 11) is 0. The Bertz CT molecular complexity index is 401. The molecule has 2 atom stereocenters. The van der Waals surface area contributed by atoms with Gasteiger partial charge in [0.1, 0.15) is 0 Å². The highest BCUT2D eigenvalue weighted by atomic mass is 16.3. The van der Waals surface area contributed by atoms with Crippen molar-refractivity contribution in [2.45, 2.75) is 38.8 Å². The Morgan fingerprint density at radius 3 is 2.74 bits per heavy atom. The Hall–Kier alpha value is -1.82. The molecular weight excluding hydrogens is 248 g/mol. The molecule has 106 valence electrons. The predicted octanol–water partition coefficient (Wildman–Crippen LogP) is 0.675. The maximum atomic E-state index is 11.5. The highest BCUT2D eigenvalue weighted by Gasteiger charge is 2.11. The lowest BCUT2D eigenvalue weighted by Gasteiger charge is -2.15. The van der Waals surface area contributed by atoms with Crippen molar-refractivity contribution in [1.29, 1.82) is 0 Å². The number of nitrogens with one attached hydrogen (secondary N) is 2. The minimum Gasteiger partial charge on any atom is -0.459 e. The van der Waals surface area contributed by atoms with Gasteiger partial charge in [0.15, 0.2) is 5.76 Å². The number of rotatable bonds is 7. The third-order valence-electron chi connectivity index (χ3n) is 2.48. The van der Waals surface area contributed by atoms with Gasteiger partial charge in [-0.3, -0.25) is 9.59 Å². The molecule has 3 N–H and O–H groups in total. The average Bonchev–Trinajstić information content (AvgIpc) is 2.80. The van der Waals surface area contributed by atoms with Crippen LogP contribution in [0.5, 0.6) is 0 Å². The topological polar surface area (TPSA) is 91.6 Å². The fourth-order valence-electron chi connectivity index (χ4n) is 1.70. The fourth-order valence-corrected chi connectivity index (χ4v) is 1.70. The summed E-state index contributed by atoms with van der Waals surface area (Å²) in [6.07, 6.45) is 1.66. The number of carbonyl (C=O) groups excluding carboxylic acids is 2. The number of aliphatic hydroxyl groups excluding tert-OH is 1. The number of hydrogen-bond donors (Lipinski definition) is 3. The van der Waals surface area contributed by atoms with Crippen LogP contribution in [0.4, 0.5) is 0 Å². The molecule has 1 rings (SSSR count). The van der Waals surface area contributed by atoms with Gasteiger partial charge in [-0.25, -0.2) is 0 Å². The van der Waals surface area contributed by atoms with E-state index in [2.05, 4.69) is 10.6 Å². The van der Waals surface area contributed by atoms with E-state index in [9.17, 15) is 14.7 Å². The van der Waals surface area contributed by atoms with Crippen molar-refractivity contribution >= 4 is 11.8 Å². The van der Waals surface area contributed by atoms with Crippen LogP contribution in [0.25, 0.3) is 0 Å². The molecule has 0 fully saturated rings. The number of amides is 2. The molecular formula is C13H20N2O4. The van der Waals surface area contributed by atoms with Crippen molar-refractivity contribution in [1.82, 2.24) is 10.6 Å². The first-order chi connectivity index (χ1) is 8.99. The third kappa shape index (κ3) is 6.05. The Morgan fingerprint density at radius 2 is 2.16 bits per heavy atom. The summed E-state index contributed by atoms with van der Waals surface area (Å²) >= 11 is 0. The Kier molecular flexibility index (Phi) is 6.08. The second-order valence-corrected chi connectivity index (χ2v) is 4.54. The molecule has 1 heterocycles. The summed E-state index contributed by atoms with van der Waals surface area (Å²) in [4.78, 5) is 23.0. The first kappa shape index (κ1) is 15.2. The zero-order valence-corrected chi connectivity index (χ0v) is 11.2. The van der Waals surface area contributed by atoms with Gasteiger partial charge in [-0.15, -0.1) is 0 Å². The van der Waals surface area contributed by atoms with E-state index in [0.717, 1.165) is 0 Å². The van der Waals surface area contributed by atoms with E-state index in [1.54, 1.807) is 19.1 Å². The first-order valence-electron chi connectivity index (χ1n) is 6.28. The Morgan fingerprint density at radius 1 is 1.42 bits per heavy atom. The molecule has 0 radical (unpaired) electrons. The van der Waals surface area contributed by atoms with Gasteiger partial charge in [0.25, 0.3) is 5.91 Å². The number of carbonyl (C=O) groups is 2. The molecule has 0 aromatic carbocycles. The van der Waals surface area contributed by atoms with E-state index in [4.69, 9.17) is 4.42 Å². The molecule has 2 amide bonds. The van der Waals surface area contributed by atoms with Crippen LogP contribution in [0.1, 0.15) is 37.2 Å². The molecule has 6 heteroatoms. The summed E-state index contributed by atoms with van der Waals surface area (Å²) in [5.74, 6) is -0.273. The van der Waals surface area contributed by atoms with Crippen molar-refractivity contribution in [3.8, 4) is 0 Å². The van der Waals surface area contributed by atoms with Gasteiger partial charge >= 0.3 is 0 Å². The van der Waals surface area contributed by atoms with Crippen molar-refractivity contribution in [3.63, 3.8) is 0 Å². The van der Waals surface area contributed by atoms with Gasteiger partial charge in [-0.05, 0) is 32.4 Å². The van der Waals surface area contributed by atoms with E-state index >= 15 is 0 Å². The van der Waals surface area contributed by atoms with E-state index < -0.39 is 6.10 Å². The average molecular weight is 268 g/mol. The first-order valence-corrected chi connectivity index (χ1v) is 6.28. The Labute approximate surface area is 112 Å². The zero-order valence-electron chi connectivity index (χ0n) is 11.2. The van der Waals surface area contributed by atoms with E-state index in [1.165, 1.54) is 6.26 Å². The van der Waals surface area contributed by atoms with Crippen molar-refractivity contribution in [2.75, 3.05) is 6.54 Å². The molecule has 0 spiro atoms. The second kappa shape index (κ2) is 7.58. The minimum atomic E-state index is -0.450. The molecule has 0 saturated heterocycles. The van der Waals surface area contributed by atoms with Crippen molar-refractivity contribution in [3.05, 3.63) is 24.2 Å². The normalized spacial score (nSPS) is 13.6. The molecule has 2 unspecified atom stereocenters. The summed E-state index contributed by atoms with van der Waals surface area (Å²) < 4.78 is 4.92. The predicted molar refractivity (Wildman–Crippen MR) is 69.6 cm³/mol. The molecule has 6 nitrogen and oxygen atoms in total. The fraction of sp³-hybridized carbons (Fsp3) is 0.538. The lowest BCUT2D eigenvalue weighted by Crippen LogP contribution is -2.36. The standard InChI is InChI=1S/C13H20N2O4/c1-9(8-10(2)16)15-12(17)5-6-14-13(18)11-4-3-7-19-11/h3-4,7,9-10,16H,5-6,8H2,1-2H3,(H,14,18)(H,15,17). The molecule has 0 aliphatic heterocycles. The second-order valence-electron chi connectivity index (χ2n) is 4.54. The van der Waals surface area contributed by atoms with Crippen LogP contribution in [0.2, 0.25) is 0 Å². The lowest BCUT2D eigenvalue weighted by molar-refractivity contribution is -0.121. The van der Waals surface area contributed by atoms with Crippen LogP contribution >= 0.6 is 0 Å². The molecule has 1 aromatic rings. The number of aliphatic hydroxyl groups is 1. The summed E-state index contributed by atoms with van der Waals surface area (Å²) in [5, 5.41) is 14.5. The lowest BCUT2D eigenvalue weighted by atomic mass is 10.1. The van der Waals surface area contributed by atoms with Crippen LogP contribution in [-0.2, 0) is 4.79 Å². The molecule has 0 bridgehead atoms. The van der Waals surface area contributed by atoms with E-state index in [-0.39, 0.29) is 36.6 Å². The van der Waals surface area contributed by atoms with Crippen LogP contribution in [0, 0.1) is 0 Å². The zero-order chi connectivity index (χ0) is 14.3. The van der Waals surface area contributed by atoms with Gasteiger partial charge in [0.2, 0.25) is 5.91 Å². The summed E-state index contributed by atoms with van der Waals surface area (Å²) in [6, 6.07) is 3.09. The monoisotopic (exact) mass is 268 g/mol. The highest BCUT2D eigenvalue weighted by Crippen LogP contribution is 1.99. The van der Waals surface area contributed by atoms with Gasteiger partial charge in [0.05, 0.1) is 12.4 Å². The maximum absolute atomic E-state index is 11.5. The SMILES string of the molecule is CC(O)CC(C)NC(=O)CCNC(=O)c1ccco1. The van der Waals surface area contributed by atoms with Crippen molar-refractivity contribution in [2.24, 2.45) is 0 Å². The van der Waals surface area contributed by atoms with Crippen LogP contribution in [-0.4, -0.2) is 35.6 Å². The van der Waals surface area contributed by atoms with E-state index in [1.807, 2.05) is 6.92 Å². The van der Waals surface area contributed by atoms with Gasteiger partial charge in [0, 0.05) is 19.0 Å². The van der Waals surface area contributed by atoms with Crippen molar-refractivity contribution < 1.29 is 19.1 Å².